The van der Waals surface area contributed by atoms with Crippen LogP contribution in [0.25, 0.3) is 0 Å². The largest absolute Gasteiger partial charge is 0.330 e. The van der Waals surface area contributed by atoms with Crippen LogP contribution in [0.1, 0.15) is 30.5 Å². The summed E-state index contributed by atoms with van der Waals surface area (Å²) < 4.78 is 0. The van der Waals surface area contributed by atoms with Gasteiger partial charge in [-0.3, -0.25) is 4.98 Å². The number of nitrogens with two attached hydrogens (primary N) is 1. The monoisotopic (exact) mass is 272 g/mol. The minimum atomic E-state index is 0.298. The zero-order chi connectivity index (χ0) is 13.5. The highest BCUT2D eigenvalue weighted by atomic mass is 32.2. The lowest BCUT2D eigenvalue weighted by Gasteiger charge is -2.16. The third-order valence-electron chi connectivity index (χ3n) is 3.09. The summed E-state index contributed by atoms with van der Waals surface area (Å²) in [6.07, 6.45) is 2.78. The first-order chi connectivity index (χ1) is 9.35. The van der Waals surface area contributed by atoms with Crippen molar-refractivity contribution in [1.82, 2.24) is 4.98 Å². The lowest BCUT2D eigenvalue weighted by molar-refractivity contribution is 0.705. The summed E-state index contributed by atoms with van der Waals surface area (Å²) in [6.45, 7) is 2.84. The molecule has 0 aliphatic carbocycles. The van der Waals surface area contributed by atoms with Crippen LogP contribution >= 0.6 is 11.8 Å². The molecule has 0 bridgehead atoms. The van der Waals surface area contributed by atoms with Crippen molar-refractivity contribution < 1.29 is 0 Å². The molecule has 100 valence electrons. The summed E-state index contributed by atoms with van der Waals surface area (Å²) in [6, 6.07) is 14.8. The SMILES string of the molecule is CCSc1ccc(C(CCN)c2ccccn2)cc1. The van der Waals surface area contributed by atoms with Crippen LogP contribution in [0.4, 0.5) is 0 Å². The van der Waals surface area contributed by atoms with Crippen LogP contribution in [0.3, 0.4) is 0 Å². The standard InChI is InChI=1S/C16H20N2S/c1-2-19-14-8-6-13(7-9-14)15(10-11-17)16-5-3-4-12-18-16/h3-9,12,15H,2,10-11,17H2,1H3. The van der Waals surface area contributed by atoms with E-state index >= 15 is 0 Å². The lowest BCUT2D eigenvalue weighted by Crippen LogP contribution is -2.10. The van der Waals surface area contributed by atoms with Crippen LogP contribution in [0.15, 0.2) is 53.6 Å². The van der Waals surface area contributed by atoms with E-state index in [1.54, 1.807) is 0 Å². The molecule has 0 amide bonds. The van der Waals surface area contributed by atoms with E-state index in [1.165, 1.54) is 10.5 Å². The fraction of sp³-hybridized carbons (Fsp3) is 0.312. The molecular formula is C16H20N2S. The van der Waals surface area contributed by atoms with Gasteiger partial charge in [0.05, 0.1) is 0 Å². The normalized spacial score (nSPS) is 12.3. The van der Waals surface area contributed by atoms with Gasteiger partial charge in [0, 0.05) is 22.7 Å². The molecule has 19 heavy (non-hydrogen) atoms. The van der Waals surface area contributed by atoms with E-state index in [2.05, 4.69) is 42.2 Å². The summed E-state index contributed by atoms with van der Waals surface area (Å²) in [5.41, 5.74) is 8.15. The van der Waals surface area contributed by atoms with Crippen molar-refractivity contribution in [3.05, 3.63) is 59.9 Å². The Kier molecular flexibility index (Phi) is 5.43. The molecule has 1 aromatic carbocycles. The topological polar surface area (TPSA) is 38.9 Å². The van der Waals surface area contributed by atoms with Crippen molar-refractivity contribution in [2.45, 2.75) is 24.2 Å². The van der Waals surface area contributed by atoms with Crippen molar-refractivity contribution in [2.24, 2.45) is 5.73 Å². The molecule has 1 atom stereocenters. The molecule has 1 aromatic heterocycles. The molecule has 1 heterocycles. The second-order valence-corrected chi connectivity index (χ2v) is 5.72. The molecular weight excluding hydrogens is 252 g/mol. The number of hydrogen-bond acceptors (Lipinski definition) is 3. The molecule has 2 nitrogen and oxygen atoms in total. The highest BCUT2D eigenvalue weighted by Gasteiger charge is 2.14. The van der Waals surface area contributed by atoms with E-state index < -0.39 is 0 Å². The Morgan fingerprint density at radius 2 is 1.95 bits per heavy atom. The fourth-order valence-corrected chi connectivity index (χ4v) is 2.86. The van der Waals surface area contributed by atoms with Crippen molar-refractivity contribution in [2.75, 3.05) is 12.3 Å². The highest BCUT2D eigenvalue weighted by molar-refractivity contribution is 7.99. The van der Waals surface area contributed by atoms with E-state index in [0.29, 0.717) is 12.5 Å². The Morgan fingerprint density at radius 1 is 1.16 bits per heavy atom. The average molecular weight is 272 g/mol. The summed E-state index contributed by atoms with van der Waals surface area (Å²) >= 11 is 1.86. The van der Waals surface area contributed by atoms with Crippen molar-refractivity contribution >= 4 is 11.8 Å². The van der Waals surface area contributed by atoms with Gasteiger partial charge in [-0.2, -0.15) is 0 Å². The van der Waals surface area contributed by atoms with Gasteiger partial charge in [0.2, 0.25) is 0 Å². The molecule has 0 aliphatic rings. The quantitative estimate of drug-likeness (QED) is 0.815. The Balaban J connectivity index is 2.24. The fourth-order valence-electron chi connectivity index (χ4n) is 2.20. The van der Waals surface area contributed by atoms with Crippen LogP contribution < -0.4 is 5.73 Å². The predicted molar refractivity (Wildman–Crippen MR) is 82.6 cm³/mol. The van der Waals surface area contributed by atoms with Gasteiger partial charge in [-0.15, -0.1) is 11.8 Å². The van der Waals surface area contributed by atoms with E-state index in [1.807, 2.05) is 30.1 Å². The minimum absolute atomic E-state index is 0.298. The van der Waals surface area contributed by atoms with E-state index in [0.717, 1.165) is 17.9 Å². The smallest absolute Gasteiger partial charge is 0.0478 e. The Hall–Kier alpha value is -1.32. The third-order valence-corrected chi connectivity index (χ3v) is 3.99. The predicted octanol–water partition coefficient (Wildman–Crippen LogP) is 3.67. The Labute approximate surface area is 119 Å². The second-order valence-electron chi connectivity index (χ2n) is 4.39. The van der Waals surface area contributed by atoms with Crippen molar-refractivity contribution in [3.8, 4) is 0 Å². The van der Waals surface area contributed by atoms with Gasteiger partial charge < -0.3 is 5.73 Å². The Bertz CT molecular complexity index is 482. The molecule has 0 aliphatic heterocycles. The minimum Gasteiger partial charge on any atom is -0.330 e. The van der Waals surface area contributed by atoms with Crippen LogP contribution in [0.2, 0.25) is 0 Å². The first kappa shape index (κ1) is 14.1. The van der Waals surface area contributed by atoms with Gasteiger partial charge in [0.1, 0.15) is 0 Å². The first-order valence-electron chi connectivity index (χ1n) is 6.69. The second kappa shape index (κ2) is 7.31. The van der Waals surface area contributed by atoms with Gasteiger partial charge in [0.15, 0.2) is 0 Å². The number of thioether (sulfide) groups is 1. The molecule has 1 unspecified atom stereocenters. The molecule has 2 N–H and O–H groups in total. The average Bonchev–Trinajstić information content (AvgIpc) is 2.47. The van der Waals surface area contributed by atoms with Crippen LogP contribution in [0.5, 0.6) is 0 Å². The number of nitrogens with zero attached hydrogens (tertiary/aromatic N) is 1. The lowest BCUT2D eigenvalue weighted by atomic mass is 9.92. The molecule has 0 radical (unpaired) electrons. The number of pyridine rings is 1. The Morgan fingerprint density at radius 3 is 2.53 bits per heavy atom. The summed E-state index contributed by atoms with van der Waals surface area (Å²) in [5.74, 6) is 1.40. The molecule has 0 fully saturated rings. The number of benzene rings is 1. The van der Waals surface area contributed by atoms with E-state index in [4.69, 9.17) is 5.73 Å². The number of hydrogen-bond donors (Lipinski definition) is 1. The van der Waals surface area contributed by atoms with Crippen LogP contribution in [-0.2, 0) is 0 Å². The highest BCUT2D eigenvalue weighted by Crippen LogP contribution is 2.28. The maximum atomic E-state index is 5.75. The summed E-state index contributed by atoms with van der Waals surface area (Å²) in [5, 5.41) is 0. The first-order valence-corrected chi connectivity index (χ1v) is 7.67. The maximum absolute atomic E-state index is 5.75. The van der Waals surface area contributed by atoms with Gasteiger partial charge in [0.25, 0.3) is 0 Å². The maximum Gasteiger partial charge on any atom is 0.0478 e. The van der Waals surface area contributed by atoms with Gasteiger partial charge in [-0.25, -0.2) is 0 Å². The van der Waals surface area contributed by atoms with Crippen LogP contribution in [0, 0.1) is 0 Å². The number of aromatic nitrogens is 1. The molecule has 0 saturated heterocycles. The van der Waals surface area contributed by atoms with Crippen molar-refractivity contribution in [3.63, 3.8) is 0 Å². The van der Waals surface area contributed by atoms with E-state index in [9.17, 15) is 0 Å². The van der Waals surface area contributed by atoms with Crippen molar-refractivity contribution in [1.29, 1.82) is 0 Å². The zero-order valence-electron chi connectivity index (χ0n) is 11.3. The molecule has 2 rings (SSSR count). The molecule has 0 spiro atoms. The number of rotatable bonds is 6. The molecule has 0 saturated carbocycles. The third kappa shape index (κ3) is 3.82. The van der Waals surface area contributed by atoms with E-state index in [-0.39, 0.29) is 0 Å². The van der Waals surface area contributed by atoms with Gasteiger partial charge in [-0.1, -0.05) is 25.1 Å². The molecule has 3 heteroatoms. The van der Waals surface area contributed by atoms with Gasteiger partial charge in [-0.05, 0) is 48.5 Å². The van der Waals surface area contributed by atoms with Gasteiger partial charge >= 0.3 is 0 Å². The zero-order valence-corrected chi connectivity index (χ0v) is 12.1. The van der Waals surface area contributed by atoms with Crippen LogP contribution in [-0.4, -0.2) is 17.3 Å². The summed E-state index contributed by atoms with van der Waals surface area (Å²) in [7, 11) is 0. The summed E-state index contributed by atoms with van der Waals surface area (Å²) in [4.78, 5) is 5.79. The molecule has 2 aromatic rings.